The van der Waals surface area contributed by atoms with Gasteiger partial charge in [-0.15, -0.1) is 13.2 Å². The lowest BCUT2D eigenvalue weighted by Gasteiger charge is -2.15. The topological polar surface area (TPSA) is 73.3 Å². The Hall–Kier alpha value is -3.62. The SMILES string of the molecule is CCc1cccc(C(=O)Nc2ccc(OC(F)(F)F)c(Oc3ncccn3)c2)c1. The zero-order valence-corrected chi connectivity index (χ0v) is 15.2. The number of alkyl halides is 3. The second-order valence-electron chi connectivity index (χ2n) is 5.85. The molecule has 3 rings (SSSR count). The molecule has 0 spiro atoms. The van der Waals surface area contributed by atoms with Crippen LogP contribution in [0.1, 0.15) is 22.8 Å². The van der Waals surface area contributed by atoms with E-state index in [1.807, 2.05) is 13.0 Å². The lowest BCUT2D eigenvalue weighted by molar-refractivity contribution is -0.275. The van der Waals surface area contributed by atoms with E-state index in [1.165, 1.54) is 30.6 Å². The molecule has 1 N–H and O–H groups in total. The number of anilines is 1. The van der Waals surface area contributed by atoms with Crippen LogP contribution in [0.5, 0.6) is 17.5 Å². The number of nitrogens with one attached hydrogen (secondary N) is 1. The summed E-state index contributed by atoms with van der Waals surface area (Å²) in [6, 6.07) is 11.9. The van der Waals surface area contributed by atoms with Crippen molar-refractivity contribution >= 4 is 11.6 Å². The maximum absolute atomic E-state index is 12.7. The molecule has 1 aromatic heterocycles. The van der Waals surface area contributed by atoms with Crippen molar-refractivity contribution in [3.63, 3.8) is 0 Å². The molecule has 0 aliphatic heterocycles. The highest BCUT2D eigenvalue weighted by molar-refractivity contribution is 6.04. The van der Waals surface area contributed by atoms with E-state index in [1.54, 1.807) is 18.2 Å². The smallest absolute Gasteiger partial charge is 0.420 e. The Labute approximate surface area is 164 Å². The number of halogens is 3. The Morgan fingerprint density at radius 3 is 2.48 bits per heavy atom. The summed E-state index contributed by atoms with van der Waals surface area (Å²) in [4.78, 5) is 20.1. The van der Waals surface area contributed by atoms with E-state index in [4.69, 9.17) is 4.74 Å². The molecule has 0 bridgehead atoms. The first-order valence-corrected chi connectivity index (χ1v) is 8.59. The predicted octanol–water partition coefficient (Wildman–Crippen LogP) is 4.98. The van der Waals surface area contributed by atoms with Crippen molar-refractivity contribution in [2.45, 2.75) is 19.7 Å². The fourth-order valence-corrected chi connectivity index (χ4v) is 2.45. The van der Waals surface area contributed by atoms with E-state index < -0.39 is 18.0 Å². The van der Waals surface area contributed by atoms with Crippen molar-refractivity contribution in [3.05, 3.63) is 72.1 Å². The number of carbonyl (C=O) groups excluding carboxylic acids is 1. The Bertz CT molecular complexity index is 995. The van der Waals surface area contributed by atoms with Crippen molar-refractivity contribution in [2.24, 2.45) is 0 Å². The van der Waals surface area contributed by atoms with Crippen LogP contribution in [0.15, 0.2) is 60.9 Å². The normalized spacial score (nSPS) is 11.0. The molecule has 0 unspecified atom stereocenters. The molecule has 0 aliphatic carbocycles. The average Bonchev–Trinajstić information content (AvgIpc) is 2.70. The van der Waals surface area contributed by atoms with E-state index in [-0.39, 0.29) is 17.4 Å². The third-order valence-electron chi connectivity index (χ3n) is 3.77. The Kier molecular flexibility index (Phi) is 5.96. The van der Waals surface area contributed by atoms with Crippen molar-refractivity contribution in [2.75, 3.05) is 5.32 Å². The number of hydrogen-bond donors (Lipinski definition) is 1. The number of benzene rings is 2. The van der Waals surface area contributed by atoms with E-state index >= 15 is 0 Å². The van der Waals surface area contributed by atoms with Crippen LogP contribution in [0.3, 0.4) is 0 Å². The van der Waals surface area contributed by atoms with Gasteiger partial charge in [0.1, 0.15) is 0 Å². The minimum atomic E-state index is -4.92. The molecule has 1 heterocycles. The number of aryl methyl sites for hydroxylation is 1. The van der Waals surface area contributed by atoms with Crippen molar-refractivity contribution in [1.29, 1.82) is 0 Å². The first-order chi connectivity index (χ1) is 13.8. The zero-order chi connectivity index (χ0) is 20.9. The van der Waals surface area contributed by atoms with Gasteiger partial charge in [0, 0.05) is 29.7 Å². The molecule has 3 aromatic rings. The molecule has 9 heteroatoms. The number of rotatable bonds is 6. The van der Waals surface area contributed by atoms with Crippen LogP contribution in [-0.2, 0) is 6.42 Å². The Morgan fingerprint density at radius 2 is 1.79 bits per heavy atom. The molecule has 2 aromatic carbocycles. The van der Waals surface area contributed by atoms with Gasteiger partial charge in [-0.05, 0) is 42.3 Å². The van der Waals surface area contributed by atoms with Crippen molar-refractivity contribution in [1.82, 2.24) is 9.97 Å². The molecule has 0 saturated heterocycles. The van der Waals surface area contributed by atoms with Gasteiger partial charge in [0.05, 0.1) is 0 Å². The molecule has 0 saturated carbocycles. The summed E-state index contributed by atoms with van der Waals surface area (Å²) in [5, 5.41) is 2.63. The first kappa shape index (κ1) is 20.1. The number of carbonyl (C=O) groups is 1. The standard InChI is InChI=1S/C20H16F3N3O3/c1-2-13-5-3-6-14(11-13)18(27)26-15-7-8-16(29-20(21,22)23)17(12-15)28-19-24-9-4-10-25-19/h3-12H,2H2,1H3,(H,26,27). The summed E-state index contributed by atoms with van der Waals surface area (Å²) in [6.45, 7) is 1.96. The zero-order valence-electron chi connectivity index (χ0n) is 15.2. The lowest BCUT2D eigenvalue weighted by atomic mass is 10.1. The number of amides is 1. The molecule has 0 fully saturated rings. The van der Waals surface area contributed by atoms with Crippen LogP contribution in [0.4, 0.5) is 18.9 Å². The van der Waals surface area contributed by atoms with E-state index in [9.17, 15) is 18.0 Å². The van der Waals surface area contributed by atoms with Crippen LogP contribution >= 0.6 is 0 Å². The Morgan fingerprint density at radius 1 is 1.03 bits per heavy atom. The molecule has 0 aliphatic rings. The highest BCUT2D eigenvalue weighted by Crippen LogP contribution is 2.36. The maximum Gasteiger partial charge on any atom is 0.573 e. The molecule has 6 nitrogen and oxygen atoms in total. The Balaban J connectivity index is 1.87. The predicted molar refractivity (Wildman–Crippen MR) is 99.0 cm³/mol. The molecule has 0 radical (unpaired) electrons. The lowest BCUT2D eigenvalue weighted by Crippen LogP contribution is -2.18. The summed E-state index contributed by atoms with van der Waals surface area (Å²) in [6.07, 6.45) is -1.40. The van der Waals surface area contributed by atoms with Crippen molar-refractivity contribution < 1.29 is 27.4 Å². The van der Waals surface area contributed by atoms with Gasteiger partial charge in [0.2, 0.25) is 0 Å². The van der Waals surface area contributed by atoms with E-state index in [0.717, 1.165) is 18.1 Å². The van der Waals surface area contributed by atoms with Crippen LogP contribution in [0, 0.1) is 0 Å². The number of ether oxygens (including phenoxy) is 2. The summed E-state index contributed by atoms with van der Waals surface area (Å²) in [5.41, 5.74) is 1.63. The van der Waals surface area contributed by atoms with Crippen LogP contribution < -0.4 is 14.8 Å². The van der Waals surface area contributed by atoms with Gasteiger partial charge in [0.25, 0.3) is 5.91 Å². The largest absolute Gasteiger partial charge is 0.573 e. The maximum atomic E-state index is 12.7. The number of nitrogens with zero attached hydrogens (tertiary/aromatic N) is 2. The van der Waals surface area contributed by atoms with E-state index in [2.05, 4.69) is 20.0 Å². The molecule has 29 heavy (non-hydrogen) atoms. The molecule has 1 amide bonds. The van der Waals surface area contributed by atoms with Gasteiger partial charge in [0.15, 0.2) is 11.5 Å². The van der Waals surface area contributed by atoms with Gasteiger partial charge < -0.3 is 14.8 Å². The molecular formula is C20H16F3N3O3. The molecule has 150 valence electrons. The second kappa shape index (κ2) is 8.59. The highest BCUT2D eigenvalue weighted by atomic mass is 19.4. The summed E-state index contributed by atoms with van der Waals surface area (Å²) < 4.78 is 47.4. The van der Waals surface area contributed by atoms with Gasteiger partial charge in [-0.2, -0.15) is 0 Å². The van der Waals surface area contributed by atoms with Crippen LogP contribution in [0.25, 0.3) is 0 Å². The summed E-state index contributed by atoms with van der Waals surface area (Å²) >= 11 is 0. The van der Waals surface area contributed by atoms with Crippen molar-refractivity contribution in [3.8, 4) is 17.5 Å². The fraction of sp³-hybridized carbons (Fsp3) is 0.150. The third-order valence-corrected chi connectivity index (χ3v) is 3.77. The quantitative estimate of drug-likeness (QED) is 0.628. The first-order valence-electron chi connectivity index (χ1n) is 8.59. The summed E-state index contributed by atoms with van der Waals surface area (Å²) in [7, 11) is 0. The minimum Gasteiger partial charge on any atom is -0.420 e. The second-order valence-corrected chi connectivity index (χ2v) is 5.85. The summed E-state index contributed by atoms with van der Waals surface area (Å²) in [5.74, 6) is -1.30. The monoisotopic (exact) mass is 403 g/mol. The van der Waals surface area contributed by atoms with E-state index in [0.29, 0.717) is 5.56 Å². The van der Waals surface area contributed by atoms with Gasteiger partial charge in [-0.3, -0.25) is 4.79 Å². The minimum absolute atomic E-state index is 0.168. The number of aromatic nitrogens is 2. The average molecular weight is 403 g/mol. The van der Waals surface area contributed by atoms with Gasteiger partial charge in [-0.1, -0.05) is 19.1 Å². The number of hydrogen-bond acceptors (Lipinski definition) is 5. The van der Waals surface area contributed by atoms with Gasteiger partial charge in [-0.25, -0.2) is 9.97 Å². The fourth-order valence-electron chi connectivity index (χ4n) is 2.45. The van der Waals surface area contributed by atoms with Gasteiger partial charge >= 0.3 is 12.4 Å². The molecule has 0 atom stereocenters. The molecular weight excluding hydrogens is 387 g/mol. The van der Waals surface area contributed by atoms with Crippen LogP contribution in [-0.4, -0.2) is 22.2 Å². The highest BCUT2D eigenvalue weighted by Gasteiger charge is 2.32. The van der Waals surface area contributed by atoms with Crippen LogP contribution in [0.2, 0.25) is 0 Å². The third kappa shape index (κ3) is 5.68.